The minimum absolute atomic E-state index is 0.0900. The van der Waals surface area contributed by atoms with Crippen LogP contribution in [0.1, 0.15) is 36.9 Å². The molecule has 2 unspecified atom stereocenters. The molecule has 0 aliphatic carbocycles. The number of halogens is 3. The van der Waals surface area contributed by atoms with Crippen molar-refractivity contribution in [3.8, 4) is 0 Å². The van der Waals surface area contributed by atoms with Crippen molar-refractivity contribution in [2.24, 2.45) is 11.7 Å². The van der Waals surface area contributed by atoms with Gasteiger partial charge in [0.15, 0.2) is 0 Å². The van der Waals surface area contributed by atoms with Crippen LogP contribution < -0.4 is 5.73 Å². The van der Waals surface area contributed by atoms with Gasteiger partial charge in [0, 0.05) is 6.04 Å². The first-order chi connectivity index (χ1) is 9.49. The lowest BCUT2D eigenvalue weighted by atomic mass is 9.82. The van der Waals surface area contributed by atoms with E-state index >= 15 is 0 Å². The van der Waals surface area contributed by atoms with Crippen LogP contribution in [-0.2, 0) is 6.18 Å². The van der Waals surface area contributed by atoms with Crippen molar-refractivity contribution in [2.45, 2.75) is 32.0 Å². The fourth-order valence-corrected chi connectivity index (χ4v) is 3.22. The number of nitrogens with two attached hydrogens (primary N) is 1. The van der Waals surface area contributed by atoms with E-state index in [0.29, 0.717) is 12.1 Å². The van der Waals surface area contributed by atoms with E-state index in [2.05, 4.69) is 4.90 Å². The third-order valence-corrected chi connectivity index (χ3v) is 4.15. The van der Waals surface area contributed by atoms with E-state index in [0.717, 1.165) is 25.9 Å². The van der Waals surface area contributed by atoms with Gasteiger partial charge in [0.05, 0.1) is 5.56 Å². The molecule has 2 rings (SSSR count). The van der Waals surface area contributed by atoms with Gasteiger partial charge in [-0.3, -0.25) is 4.90 Å². The summed E-state index contributed by atoms with van der Waals surface area (Å²) in [5.41, 5.74) is 5.65. The molecule has 1 fully saturated rings. The molecule has 2 nitrogen and oxygen atoms in total. The average Bonchev–Trinajstić information content (AvgIpc) is 2.45. The van der Waals surface area contributed by atoms with Crippen molar-refractivity contribution in [2.75, 3.05) is 19.6 Å². The Bertz CT molecular complexity index is 433. The lowest BCUT2D eigenvalue weighted by Crippen LogP contribution is -2.42. The highest BCUT2D eigenvalue weighted by Crippen LogP contribution is 2.41. The van der Waals surface area contributed by atoms with Crippen molar-refractivity contribution in [3.05, 3.63) is 35.4 Å². The normalized spacial score (nSPS) is 24.9. The summed E-state index contributed by atoms with van der Waals surface area (Å²) < 4.78 is 39.6. The number of likely N-dealkylation sites (tertiary alicyclic amines) is 1. The Morgan fingerprint density at radius 2 is 2.00 bits per heavy atom. The van der Waals surface area contributed by atoms with E-state index in [1.807, 2.05) is 6.92 Å². The van der Waals surface area contributed by atoms with E-state index in [9.17, 15) is 13.2 Å². The van der Waals surface area contributed by atoms with Crippen LogP contribution in [0.4, 0.5) is 13.2 Å². The second-order valence-corrected chi connectivity index (χ2v) is 5.30. The molecule has 0 radical (unpaired) electrons. The van der Waals surface area contributed by atoms with Crippen LogP contribution in [0, 0.1) is 5.92 Å². The molecule has 0 saturated carbocycles. The van der Waals surface area contributed by atoms with Gasteiger partial charge < -0.3 is 5.73 Å². The zero-order valence-electron chi connectivity index (χ0n) is 11.7. The van der Waals surface area contributed by atoms with E-state index in [4.69, 9.17) is 5.73 Å². The first-order valence-electron chi connectivity index (χ1n) is 7.09. The highest BCUT2D eigenvalue weighted by molar-refractivity contribution is 5.33. The Kier molecular flexibility index (Phi) is 4.70. The van der Waals surface area contributed by atoms with Crippen molar-refractivity contribution in [3.63, 3.8) is 0 Å². The molecule has 2 atom stereocenters. The molecule has 0 aromatic heterocycles. The number of piperidine rings is 1. The SMILES string of the molecule is CCN1CCCC(CN)C1c1ccccc1C(F)(F)F. The maximum atomic E-state index is 13.2. The van der Waals surface area contributed by atoms with Gasteiger partial charge in [-0.25, -0.2) is 0 Å². The van der Waals surface area contributed by atoms with Crippen LogP contribution >= 0.6 is 0 Å². The minimum atomic E-state index is -4.31. The molecule has 2 N–H and O–H groups in total. The van der Waals surface area contributed by atoms with E-state index in [-0.39, 0.29) is 12.0 Å². The maximum absolute atomic E-state index is 13.2. The van der Waals surface area contributed by atoms with Gasteiger partial charge in [-0.2, -0.15) is 13.2 Å². The van der Waals surface area contributed by atoms with Crippen LogP contribution in [0.25, 0.3) is 0 Å². The van der Waals surface area contributed by atoms with E-state index < -0.39 is 11.7 Å². The fourth-order valence-electron chi connectivity index (χ4n) is 3.22. The number of benzene rings is 1. The average molecular weight is 286 g/mol. The Morgan fingerprint density at radius 3 is 2.60 bits per heavy atom. The Hall–Kier alpha value is -1.07. The number of rotatable bonds is 3. The Morgan fingerprint density at radius 1 is 1.30 bits per heavy atom. The van der Waals surface area contributed by atoms with Gasteiger partial charge in [0.2, 0.25) is 0 Å². The van der Waals surface area contributed by atoms with Crippen molar-refractivity contribution in [1.29, 1.82) is 0 Å². The van der Waals surface area contributed by atoms with Gasteiger partial charge in [-0.05, 0) is 50.0 Å². The second kappa shape index (κ2) is 6.14. The van der Waals surface area contributed by atoms with Crippen LogP contribution in [0.3, 0.4) is 0 Å². The topological polar surface area (TPSA) is 29.3 Å². The standard InChI is InChI=1S/C15H21F3N2/c1-2-20-9-5-6-11(10-19)14(20)12-7-3-4-8-13(12)15(16,17)18/h3-4,7-8,11,14H,2,5-6,9-10,19H2,1H3. The number of alkyl halides is 3. The predicted molar refractivity (Wildman–Crippen MR) is 73.2 cm³/mol. The molecular formula is C15H21F3N2. The molecule has 1 aromatic carbocycles. The third-order valence-electron chi connectivity index (χ3n) is 4.15. The molecule has 112 valence electrons. The molecule has 5 heteroatoms. The van der Waals surface area contributed by atoms with E-state index in [1.54, 1.807) is 12.1 Å². The summed E-state index contributed by atoms with van der Waals surface area (Å²) in [4.78, 5) is 2.12. The van der Waals surface area contributed by atoms with Gasteiger partial charge in [-0.15, -0.1) is 0 Å². The summed E-state index contributed by atoms with van der Waals surface area (Å²) in [6.07, 6.45) is -2.42. The van der Waals surface area contributed by atoms with Gasteiger partial charge >= 0.3 is 6.18 Å². The Labute approximate surface area is 117 Å². The number of hydrogen-bond acceptors (Lipinski definition) is 2. The first-order valence-corrected chi connectivity index (χ1v) is 7.09. The van der Waals surface area contributed by atoms with Gasteiger partial charge in [0.25, 0.3) is 0 Å². The molecular weight excluding hydrogens is 265 g/mol. The first kappa shape index (κ1) is 15.3. The zero-order chi connectivity index (χ0) is 14.8. The smallest absolute Gasteiger partial charge is 0.330 e. The summed E-state index contributed by atoms with van der Waals surface area (Å²) in [6.45, 7) is 3.99. The molecule has 1 aliphatic heterocycles. The monoisotopic (exact) mass is 286 g/mol. The van der Waals surface area contributed by atoms with Crippen LogP contribution in [0.2, 0.25) is 0 Å². The van der Waals surface area contributed by atoms with Crippen molar-refractivity contribution < 1.29 is 13.2 Å². The fraction of sp³-hybridized carbons (Fsp3) is 0.600. The second-order valence-electron chi connectivity index (χ2n) is 5.30. The molecule has 20 heavy (non-hydrogen) atoms. The maximum Gasteiger partial charge on any atom is 0.416 e. The molecule has 0 bridgehead atoms. The Balaban J connectivity index is 2.46. The van der Waals surface area contributed by atoms with Crippen molar-refractivity contribution >= 4 is 0 Å². The third kappa shape index (κ3) is 2.99. The van der Waals surface area contributed by atoms with Crippen LogP contribution in [0.5, 0.6) is 0 Å². The summed E-state index contributed by atoms with van der Waals surface area (Å²) in [7, 11) is 0. The molecule has 1 aliphatic rings. The largest absolute Gasteiger partial charge is 0.416 e. The summed E-state index contributed by atoms with van der Waals surface area (Å²) in [5.74, 6) is 0.0900. The molecule has 0 spiro atoms. The minimum Gasteiger partial charge on any atom is -0.330 e. The highest BCUT2D eigenvalue weighted by Gasteiger charge is 2.39. The van der Waals surface area contributed by atoms with Crippen LogP contribution in [-0.4, -0.2) is 24.5 Å². The van der Waals surface area contributed by atoms with Gasteiger partial charge in [0.1, 0.15) is 0 Å². The summed E-state index contributed by atoms with van der Waals surface area (Å²) in [5, 5.41) is 0. The molecule has 1 aromatic rings. The molecule has 1 heterocycles. The number of hydrogen-bond donors (Lipinski definition) is 1. The quantitative estimate of drug-likeness (QED) is 0.922. The van der Waals surface area contributed by atoms with Crippen molar-refractivity contribution in [1.82, 2.24) is 4.90 Å². The lowest BCUT2D eigenvalue weighted by Gasteiger charge is -2.41. The summed E-state index contributed by atoms with van der Waals surface area (Å²) in [6, 6.07) is 5.68. The summed E-state index contributed by atoms with van der Waals surface area (Å²) >= 11 is 0. The van der Waals surface area contributed by atoms with Crippen LogP contribution in [0.15, 0.2) is 24.3 Å². The lowest BCUT2D eigenvalue weighted by molar-refractivity contribution is -0.139. The number of nitrogens with zero attached hydrogens (tertiary/aromatic N) is 1. The zero-order valence-corrected chi connectivity index (χ0v) is 11.7. The van der Waals surface area contributed by atoms with Gasteiger partial charge in [-0.1, -0.05) is 25.1 Å². The molecule has 0 amide bonds. The molecule has 1 saturated heterocycles. The predicted octanol–water partition coefficient (Wildman–Crippen LogP) is 3.44. The highest BCUT2D eigenvalue weighted by atomic mass is 19.4. The van der Waals surface area contributed by atoms with E-state index in [1.165, 1.54) is 12.1 Å².